The number of nitrogens with zero attached hydrogens (tertiary/aromatic N) is 4. The van der Waals surface area contributed by atoms with Gasteiger partial charge in [0.1, 0.15) is 11.7 Å². The summed E-state index contributed by atoms with van der Waals surface area (Å²) in [7, 11) is 2.05. The van der Waals surface area contributed by atoms with Gasteiger partial charge < -0.3 is 14.8 Å². The van der Waals surface area contributed by atoms with Crippen LogP contribution in [0.1, 0.15) is 23.1 Å². The van der Waals surface area contributed by atoms with Crippen LogP contribution in [0.3, 0.4) is 0 Å². The summed E-state index contributed by atoms with van der Waals surface area (Å²) in [5.74, 6) is 0.0643. The third kappa shape index (κ3) is 2.96. The Morgan fingerprint density at radius 2 is 1.93 bits per heavy atom. The lowest BCUT2D eigenvalue weighted by Crippen LogP contribution is -2.47. The predicted molar refractivity (Wildman–Crippen MR) is 107 cm³/mol. The number of para-hydroxylation sites is 2. The van der Waals surface area contributed by atoms with Crippen molar-refractivity contribution in [1.82, 2.24) is 19.2 Å². The van der Waals surface area contributed by atoms with Crippen molar-refractivity contribution < 1.29 is 4.79 Å². The number of aromatic amines is 1. The zero-order chi connectivity index (χ0) is 19.8. The number of benzene rings is 1. The molecule has 2 aromatic heterocycles. The fourth-order valence-corrected chi connectivity index (χ4v) is 3.96. The van der Waals surface area contributed by atoms with Crippen molar-refractivity contribution in [3.8, 4) is 6.07 Å². The van der Waals surface area contributed by atoms with E-state index in [2.05, 4.69) is 16.0 Å². The van der Waals surface area contributed by atoms with Crippen LogP contribution in [-0.4, -0.2) is 58.3 Å². The molecule has 1 fully saturated rings. The number of aromatic nitrogens is 2. The van der Waals surface area contributed by atoms with Gasteiger partial charge in [-0.1, -0.05) is 12.1 Å². The lowest BCUT2D eigenvalue weighted by atomic mass is 10.0. The first-order chi connectivity index (χ1) is 13.5. The Morgan fingerprint density at radius 3 is 2.64 bits per heavy atom. The number of piperazine rings is 1. The lowest BCUT2D eigenvalue weighted by Gasteiger charge is -2.32. The molecular weight excluding hydrogens is 354 g/mol. The van der Waals surface area contributed by atoms with Gasteiger partial charge in [0.25, 0.3) is 5.56 Å². The molecule has 0 spiro atoms. The smallest absolute Gasteiger partial charge is 0.260 e. The summed E-state index contributed by atoms with van der Waals surface area (Å²) in [5, 5.41) is 9.70. The molecule has 0 bridgehead atoms. The molecule has 1 N–H and O–H groups in total. The van der Waals surface area contributed by atoms with E-state index >= 15 is 0 Å². The quantitative estimate of drug-likeness (QED) is 0.752. The highest BCUT2D eigenvalue weighted by Gasteiger charge is 2.22. The van der Waals surface area contributed by atoms with E-state index in [-0.39, 0.29) is 17.9 Å². The summed E-state index contributed by atoms with van der Waals surface area (Å²) < 4.78 is 1.57. The highest BCUT2D eigenvalue weighted by Crippen LogP contribution is 2.22. The molecule has 7 nitrogen and oxygen atoms in total. The monoisotopic (exact) mass is 377 g/mol. The molecule has 1 amide bonds. The standard InChI is InChI=1S/C21H23N5O2/c1-14-15(7-8-19(27)25-11-9-24(2)10-12-25)21(28)26-18-6-4-3-5-17(18)23-20(26)16(14)13-22/h3-6,23H,7-12H2,1-2H3. The second-order valence-corrected chi connectivity index (χ2v) is 7.41. The van der Waals surface area contributed by atoms with Crippen LogP contribution >= 0.6 is 0 Å². The fourth-order valence-electron chi connectivity index (χ4n) is 3.96. The maximum Gasteiger partial charge on any atom is 0.260 e. The van der Waals surface area contributed by atoms with E-state index in [0.717, 1.165) is 37.2 Å². The normalized spacial score (nSPS) is 15.2. The van der Waals surface area contributed by atoms with Gasteiger partial charge in [0.2, 0.25) is 5.91 Å². The van der Waals surface area contributed by atoms with Gasteiger partial charge in [-0.2, -0.15) is 5.26 Å². The van der Waals surface area contributed by atoms with E-state index in [1.165, 1.54) is 0 Å². The number of pyridine rings is 1. The van der Waals surface area contributed by atoms with Crippen molar-refractivity contribution in [1.29, 1.82) is 5.26 Å². The van der Waals surface area contributed by atoms with Crippen molar-refractivity contribution in [3.63, 3.8) is 0 Å². The number of amides is 1. The molecule has 7 heteroatoms. The molecular formula is C21H23N5O2. The summed E-state index contributed by atoms with van der Waals surface area (Å²) in [4.78, 5) is 33.1. The first-order valence-corrected chi connectivity index (χ1v) is 9.52. The van der Waals surface area contributed by atoms with Crippen LogP contribution in [0.4, 0.5) is 0 Å². The van der Waals surface area contributed by atoms with Crippen molar-refractivity contribution in [3.05, 3.63) is 51.3 Å². The number of fused-ring (bicyclic) bond motifs is 3. The third-order valence-electron chi connectivity index (χ3n) is 5.70. The Hall–Kier alpha value is -3.11. The number of nitriles is 1. The van der Waals surface area contributed by atoms with Crippen LogP contribution in [0.25, 0.3) is 16.7 Å². The Labute approximate surface area is 162 Å². The van der Waals surface area contributed by atoms with Gasteiger partial charge in [-0.05, 0) is 38.1 Å². The van der Waals surface area contributed by atoms with Crippen LogP contribution < -0.4 is 5.56 Å². The SMILES string of the molecule is Cc1c(CCC(=O)N2CCN(C)CC2)c(=O)n2c([nH]c3ccccc32)c1C#N. The Balaban J connectivity index is 1.71. The average molecular weight is 377 g/mol. The fraction of sp³-hybridized carbons (Fsp3) is 0.381. The third-order valence-corrected chi connectivity index (χ3v) is 5.70. The van der Waals surface area contributed by atoms with Crippen molar-refractivity contribution in [2.45, 2.75) is 19.8 Å². The minimum absolute atomic E-state index is 0.0643. The summed E-state index contributed by atoms with van der Waals surface area (Å²) in [5.41, 5.74) is 3.56. The molecule has 28 heavy (non-hydrogen) atoms. The average Bonchev–Trinajstić information content (AvgIpc) is 3.08. The largest absolute Gasteiger partial charge is 0.340 e. The maximum absolute atomic E-state index is 13.2. The van der Waals surface area contributed by atoms with Gasteiger partial charge in [0, 0.05) is 38.2 Å². The molecule has 1 aliphatic rings. The van der Waals surface area contributed by atoms with Gasteiger partial charge in [-0.3, -0.25) is 14.0 Å². The summed E-state index contributed by atoms with van der Waals surface area (Å²) in [6.45, 7) is 4.97. The van der Waals surface area contributed by atoms with Crippen LogP contribution in [0.15, 0.2) is 29.1 Å². The number of hydrogen-bond acceptors (Lipinski definition) is 4. The number of likely N-dealkylation sites (N-methyl/N-ethyl adjacent to an activating group) is 1. The summed E-state index contributed by atoms with van der Waals surface area (Å²) in [6.07, 6.45) is 0.617. The Morgan fingerprint density at radius 1 is 1.21 bits per heavy atom. The zero-order valence-corrected chi connectivity index (χ0v) is 16.2. The van der Waals surface area contributed by atoms with E-state index in [0.29, 0.717) is 28.8 Å². The molecule has 0 radical (unpaired) electrons. The van der Waals surface area contributed by atoms with E-state index in [4.69, 9.17) is 0 Å². The molecule has 3 heterocycles. The minimum atomic E-state index is -0.157. The molecule has 3 aromatic rings. The summed E-state index contributed by atoms with van der Waals surface area (Å²) >= 11 is 0. The molecule has 4 rings (SSSR count). The maximum atomic E-state index is 13.2. The number of imidazole rings is 1. The number of carbonyl (C=O) groups excluding carboxylic acids is 1. The number of carbonyl (C=O) groups is 1. The van der Waals surface area contributed by atoms with E-state index < -0.39 is 0 Å². The second-order valence-electron chi connectivity index (χ2n) is 7.41. The van der Waals surface area contributed by atoms with Gasteiger partial charge in [-0.15, -0.1) is 0 Å². The number of nitrogens with one attached hydrogen (secondary N) is 1. The highest BCUT2D eigenvalue weighted by atomic mass is 16.2. The van der Waals surface area contributed by atoms with Gasteiger partial charge in [0.05, 0.1) is 16.6 Å². The molecule has 1 aromatic carbocycles. The predicted octanol–water partition coefficient (Wildman–Crippen LogP) is 1.67. The van der Waals surface area contributed by atoms with E-state index in [9.17, 15) is 14.9 Å². The number of rotatable bonds is 3. The molecule has 0 atom stereocenters. The van der Waals surface area contributed by atoms with Crippen molar-refractivity contribution in [2.24, 2.45) is 0 Å². The molecule has 0 saturated carbocycles. The highest BCUT2D eigenvalue weighted by molar-refractivity contribution is 5.83. The molecule has 0 aliphatic carbocycles. The van der Waals surface area contributed by atoms with Gasteiger partial charge in [0.15, 0.2) is 0 Å². The molecule has 0 unspecified atom stereocenters. The first-order valence-electron chi connectivity index (χ1n) is 9.52. The summed E-state index contributed by atoms with van der Waals surface area (Å²) in [6, 6.07) is 9.72. The van der Waals surface area contributed by atoms with Gasteiger partial charge >= 0.3 is 0 Å². The number of H-pyrrole nitrogens is 1. The number of hydrogen-bond donors (Lipinski definition) is 1. The lowest BCUT2D eigenvalue weighted by molar-refractivity contribution is -0.132. The van der Waals surface area contributed by atoms with Crippen molar-refractivity contribution >= 4 is 22.6 Å². The van der Waals surface area contributed by atoms with Gasteiger partial charge in [-0.25, -0.2) is 0 Å². The minimum Gasteiger partial charge on any atom is -0.340 e. The topological polar surface area (TPSA) is 84.6 Å². The Bertz CT molecular complexity index is 1160. The first kappa shape index (κ1) is 18.3. The molecule has 1 aliphatic heterocycles. The van der Waals surface area contributed by atoms with Crippen molar-refractivity contribution in [2.75, 3.05) is 33.2 Å². The molecule has 144 valence electrons. The van der Waals surface area contributed by atoms with E-state index in [1.54, 1.807) is 11.3 Å². The molecule has 1 saturated heterocycles. The second kappa shape index (κ2) is 7.13. The van der Waals surface area contributed by atoms with Crippen LogP contribution in [0, 0.1) is 18.3 Å². The van der Waals surface area contributed by atoms with Crippen LogP contribution in [0.2, 0.25) is 0 Å². The van der Waals surface area contributed by atoms with E-state index in [1.807, 2.05) is 36.2 Å². The van der Waals surface area contributed by atoms with Crippen LogP contribution in [0.5, 0.6) is 0 Å². The Kier molecular flexibility index (Phi) is 4.65. The van der Waals surface area contributed by atoms with Crippen LogP contribution in [-0.2, 0) is 11.2 Å². The zero-order valence-electron chi connectivity index (χ0n) is 16.2.